The first-order valence-corrected chi connectivity index (χ1v) is 7.54. The summed E-state index contributed by atoms with van der Waals surface area (Å²) in [4.78, 5) is 23.2. The maximum absolute atomic E-state index is 11.7. The third-order valence-electron chi connectivity index (χ3n) is 3.51. The van der Waals surface area contributed by atoms with Crippen molar-refractivity contribution in [1.82, 2.24) is 16.0 Å². The van der Waals surface area contributed by atoms with Crippen LogP contribution < -0.4 is 20.7 Å². The van der Waals surface area contributed by atoms with E-state index in [1.54, 1.807) is 7.11 Å². The van der Waals surface area contributed by atoms with Gasteiger partial charge in [-0.3, -0.25) is 9.59 Å². The monoisotopic (exact) mass is 305 g/mol. The van der Waals surface area contributed by atoms with E-state index in [0.29, 0.717) is 6.54 Å². The van der Waals surface area contributed by atoms with Gasteiger partial charge in [-0.2, -0.15) is 0 Å². The normalized spacial score (nSPS) is 13.5. The number of hydrogen-bond donors (Lipinski definition) is 3. The Balaban J connectivity index is 1.57. The number of amides is 2. The van der Waals surface area contributed by atoms with Crippen LogP contribution in [0.3, 0.4) is 0 Å². The summed E-state index contributed by atoms with van der Waals surface area (Å²) in [5, 5.41) is 8.44. The van der Waals surface area contributed by atoms with Gasteiger partial charge in [0.15, 0.2) is 0 Å². The summed E-state index contributed by atoms with van der Waals surface area (Å²) in [5.41, 5.74) is 0.978. The molecule has 2 rings (SSSR count). The topological polar surface area (TPSA) is 79.5 Å². The van der Waals surface area contributed by atoms with Gasteiger partial charge in [0.2, 0.25) is 11.8 Å². The molecule has 0 spiro atoms. The molecule has 1 aliphatic carbocycles. The third kappa shape index (κ3) is 6.13. The second-order valence-electron chi connectivity index (χ2n) is 5.48. The fourth-order valence-electron chi connectivity index (χ4n) is 1.96. The Bertz CT molecular complexity index is 498. The minimum absolute atomic E-state index is 0.0000958. The van der Waals surface area contributed by atoms with E-state index in [-0.39, 0.29) is 24.9 Å². The Kier molecular flexibility index (Phi) is 6.21. The van der Waals surface area contributed by atoms with Gasteiger partial charge in [0.1, 0.15) is 5.75 Å². The number of carbonyl (C=O) groups excluding carboxylic acids is 2. The van der Waals surface area contributed by atoms with Gasteiger partial charge in [0, 0.05) is 6.54 Å². The van der Waals surface area contributed by atoms with Gasteiger partial charge in [0.25, 0.3) is 0 Å². The summed E-state index contributed by atoms with van der Waals surface area (Å²) in [6.45, 7) is 1.58. The van der Waals surface area contributed by atoms with Crippen molar-refractivity contribution in [1.29, 1.82) is 0 Å². The van der Waals surface area contributed by atoms with Crippen molar-refractivity contribution in [2.45, 2.75) is 19.4 Å². The van der Waals surface area contributed by atoms with E-state index in [9.17, 15) is 9.59 Å². The average molecular weight is 305 g/mol. The minimum Gasteiger partial charge on any atom is -0.497 e. The smallest absolute Gasteiger partial charge is 0.239 e. The zero-order valence-corrected chi connectivity index (χ0v) is 12.9. The fraction of sp³-hybridized carbons (Fsp3) is 0.500. The van der Waals surface area contributed by atoms with Crippen LogP contribution in [-0.4, -0.2) is 38.6 Å². The molecular formula is C16H23N3O3. The molecule has 0 saturated heterocycles. The van der Waals surface area contributed by atoms with E-state index in [4.69, 9.17) is 4.74 Å². The summed E-state index contributed by atoms with van der Waals surface area (Å²) < 4.78 is 5.07. The SMILES string of the molecule is COc1ccc(CNC(=O)CNC(=O)CNCC2CC2)cc1. The molecule has 3 N–H and O–H groups in total. The molecular weight excluding hydrogens is 282 g/mol. The molecule has 0 radical (unpaired) electrons. The number of benzene rings is 1. The van der Waals surface area contributed by atoms with E-state index in [1.807, 2.05) is 24.3 Å². The highest BCUT2D eigenvalue weighted by atomic mass is 16.5. The Morgan fingerprint density at radius 2 is 1.77 bits per heavy atom. The van der Waals surface area contributed by atoms with Gasteiger partial charge in [0.05, 0.1) is 20.2 Å². The van der Waals surface area contributed by atoms with E-state index in [2.05, 4.69) is 16.0 Å². The number of nitrogens with one attached hydrogen (secondary N) is 3. The van der Waals surface area contributed by atoms with Crippen molar-refractivity contribution < 1.29 is 14.3 Å². The van der Waals surface area contributed by atoms with Crippen molar-refractivity contribution >= 4 is 11.8 Å². The molecule has 0 aromatic heterocycles. The maximum atomic E-state index is 11.7. The molecule has 6 nitrogen and oxygen atoms in total. The van der Waals surface area contributed by atoms with Crippen molar-refractivity contribution in [2.75, 3.05) is 26.7 Å². The third-order valence-corrected chi connectivity index (χ3v) is 3.51. The van der Waals surface area contributed by atoms with E-state index in [1.165, 1.54) is 12.8 Å². The minimum atomic E-state index is -0.202. The van der Waals surface area contributed by atoms with Crippen LogP contribution in [0.1, 0.15) is 18.4 Å². The molecule has 1 aromatic rings. The summed E-state index contributed by atoms with van der Waals surface area (Å²) in [6, 6.07) is 7.46. The van der Waals surface area contributed by atoms with E-state index >= 15 is 0 Å². The first kappa shape index (κ1) is 16.3. The van der Waals surface area contributed by atoms with Gasteiger partial charge in [-0.15, -0.1) is 0 Å². The summed E-state index contributed by atoms with van der Waals surface area (Å²) in [5.74, 6) is 1.16. The first-order chi connectivity index (χ1) is 10.7. The molecule has 0 atom stereocenters. The van der Waals surface area contributed by atoms with Gasteiger partial charge < -0.3 is 20.7 Å². The van der Waals surface area contributed by atoms with Gasteiger partial charge in [-0.1, -0.05) is 12.1 Å². The summed E-state index contributed by atoms with van der Waals surface area (Å²) >= 11 is 0. The summed E-state index contributed by atoms with van der Waals surface area (Å²) in [6.07, 6.45) is 2.50. The van der Waals surface area contributed by atoms with Crippen LogP contribution in [0.15, 0.2) is 24.3 Å². The van der Waals surface area contributed by atoms with Gasteiger partial charge in [-0.05, 0) is 43.0 Å². The quantitative estimate of drug-likeness (QED) is 0.618. The number of methoxy groups -OCH3 is 1. The molecule has 0 bridgehead atoms. The predicted molar refractivity (Wildman–Crippen MR) is 83.4 cm³/mol. The molecule has 6 heteroatoms. The van der Waals surface area contributed by atoms with Crippen molar-refractivity contribution in [3.05, 3.63) is 29.8 Å². The second kappa shape index (κ2) is 8.38. The van der Waals surface area contributed by atoms with Crippen molar-refractivity contribution in [2.24, 2.45) is 5.92 Å². The highest BCUT2D eigenvalue weighted by Crippen LogP contribution is 2.27. The lowest BCUT2D eigenvalue weighted by molar-refractivity contribution is -0.125. The maximum Gasteiger partial charge on any atom is 0.239 e. The molecule has 0 heterocycles. The lowest BCUT2D eigenvalue weighted by Gasteiger charge is -2.08. The van der Waals surface area contributed by atoms with Crippen LogP contribution in [0.4, 0.5) is 0 Å². The van der Waals surface area contributed by atoms with E-state index < -0.39 is 0 Å². The largest absolute Gasteiger partial charge is 0.497 e. The van der Waals surface area contributed by atoms with Crippen LogP contribution in [0.5, 0.6) is 5.75 Å². The number of rotatable bonds is 9. The zero-order valence-electron chi connectivity index (χ0n) is 12.9. The Hall–Kier alpha value is -2.08. The Morgan fingerprint density at radius 3 is 2.41 bits per heavy atom. The molecule has 1 fully saturated rings. The van der Waals surface area contributed by atoms with Gasteiger partial charge >= 0.3 is 0 Å². The lowest BCUT2D eigenvalue weighted by atomic mass is 10.2. The molecule has 1 aromatic carbocycles. The lowest BCUT2D eigenvalue weighted by Crippen LogP contribution is -2.40. The number of ether oxygens (including phenoxy) is 1. The molecule has 1 aliphatic rings. The standard InChI is InChI=1S/C16H23N3O3/c1-22-14-6-4-13(5-7-14)9-18-16(21)11-19-15(20)10-17-8-12-2-3-12/h4-7,12,17H,2-3,8-11H2,1H3,(H,18,21)(H,19,20). The zero-order chi connectivity index (χ0) is 15.8. The van der Waals surface area contributed by atoms with E-state index in [0.717, 1.165) is 23.8 Å². The average Bonchev–Trinajstić information content (AvgIpc) is 3.35. The molecule has 0 unspecified atom stereocenters. The molecule has 120 valence electrons. The highest BCUT2D eigenvalue weighted by molar-refractivity contribution is 5.85. The molecule has 1 saturated carbocycles. The number of carbonyl (C=O) groups is 2. The molecule has 22 heavy (non-hydrogen) atoms. The van der Waals surface area contributed by atoms with Crippen LogP contribution >= 0.6 is 0 Å². The number of hydrogen-bond acceptors (Lipinski definition) is 4. The first-order valence-electron chi connectivity index (χ1n) is 7.54. The molecule has 0 aliphatic heterocycles. The highest BCUT2D eigenvalue weighted by Gasteiger charge is 2.20. The van der Waals surface area contributed by atoms with Crippen LogP contribution in [0, 0.1) is 5.92 Å². The second-order valence-corrected chi connectivity index (χ2v) is 5.48. The molecule has 2 amide bonds. The van der Waals surface area contributed by atoms with Crippen LogP contribution in [0.2, 0.25) is 0 Å². The van der Waals surface area contributed by atoms with Crippen molar-refractivity contribution in [3.8, 4) is 5.75 Å². The van der Waals surface area contributed by atoms with Gasteiger partial charge in [-0.25, -0.2) is 0 Å². The Morgan fingerprint density at radius 1 is 1.09 bits per heavy atom. The predicted octanol–water partition coefficient (Wildman–Crippen LogP) is 0.427. The summed E-state index contributed by atoms with van der Waals surface area (Å²) in [7, 11) is 1.61. The van der Waals surface area contributed by atoms with Crippen LogP contribution in [0.25, 0.3) is 0 Å². The Labute approximate surface area is 130 Å². The van der Waals surface area contributed by atoms with Crippen LogP contribution in [-0.2, 0) is 16.1 Å². The fourth-order valence-corrected chi connectivity index (χ4v) is 1.96. The van der Waals surface area contributed by atoms with Crippen molar-refractivity contribution in [3.63, 3.8) is 0 Å².